The second-order valence-electron chi connectivity index (χ2n) is 6.30. The highest BCUT2D eigenvalue weighted by atomic mass is 19.2. The number of rotatable bonds is 4. The van der Waals surface area contributed by atoms with Crippen molar-refractivity contribution in [1.82, 2.24) is 0 Å². The quantitative estimate of drug-likeness (QED) is 0.771. The summed E-state index contributed by atoms with van der Waals surface area (Å²) in [6.45, 7) is 2.42. The lowest BCUT2D eigenvalue weighted by atomic mass is 9.83. The molecule has 0 amide bonds. The van der Waals surface area contributed by atoms with Crippen LogP contribution in [0, 0.1) is 17.6 Å². The molecule has 2 unspecified atom stereocenters. The minimum atomic E-state index is -0.982. The van der Waals surface area contributed by atoms with Crippen molar-refractivity contribution in [3.8, 4) is 11.5 Å². The minimum Gasteiger partial charge on any atom is -0.465 e. The van der Waals surface area contributed by atoms with Gasteiger partial charge in [0.1, 0.15) is 5.92 Å². The standard InChI is InChI=1S/C20H17F2NO4/c1-2-25-20(24)18-13(11-4-6-16-17(8-11)27-10-26-16)9-23-19(18)12-3-5-14(21)15(22)7-12/h3-8,13,18H,2,9-10H2,1H3. The monoisotopic (exact) mass is 373 g/mol. The van der Waals surface area contributed by atoms with Crippen LogP contribution in [0.3, 0.4) is 0 Å². The van der Waals surface area contributed by atoms with Crippen molar-refractivity contribution in [2.75, 3.05) is 19.9 Å². The third kappa shape index (κ3) is 3.13. The van der Waals surface area contributed by atoms with Crippen LogP contribution in [0.15, 0.2) is 41.4 Å². The predicted octanol–water partition coefficient (Wildman–Crippen LogP) is 3.46. The Hall–Kier alpha value is -2.96. The summed E-state index contributed by atoms with van der Waals surface area (Å²) < 4.78 is 43.0. The molecule has 140 valence electrons. The van der Waals surface area contributed by atoms with Crippen LogP contribution in [-0.4, -0.2) is 31.6 Å². The van der Waals surface area contributed by atoms with Crippen LogP contribution in [0.25, 0.3) is 0 Å². The SMILES string of the molecule is CCOC(=O)C1C(c2ccc(F)c(F)c2)=NCC1c1ccc2c(c1)OCO2. The number of esters is 1. The van der Waals surface area contributed by atoms with Crippen molar-refractivity contribution in [3.63, 3.8) is 0 Å². The second kappa shape index (κ2) is 6.98. The summed E-state index contributed by atoms with van der Waals surface area (Å²) in [6.07, 6.45) is 0. The highest BCUT2D eigenvalue weighted by Gasteiger charge is 2.40. The van der Waals surface area contributed by atoms with Crippen molar-refractivity contribution >= 4 is 11.7 Å². The summed E-state index contributed by atoms with van der Waals surface area (Å²) in [5, 5.41) is 0. The average molecular weight is 373 g/mol. The number of nitrogens with zero attached hydrogens (tertiary/aromatic N) is 1. The molecule has 0 bridgehead atoms. The highest BCUT2D eigenvalue weighted by molar-refractivity contribution is 6.13. The summed E-state index contributed by atoms with van der Waals surface area (Å²) in [5.74, 6) is -2.12. The highest BCUT2D eigenvalue weighted by Crippen LogP contribution is 2.40. The fourth-order valence-corrected chi connectivity index (χ4v) is 3.47. The van der Waals surface area contributed by atoms with Crippen molar-refractivity contribution in [3.05, 3.63) is 59.2 Å². The van der Waals surface area contributed by atoms with Gasteiger partial charge >= 0.3 is 5.97 Å². The average Bonchev–Trinajstić information content (AvgIpc) is 3.30. The van der Waals surface area contributed by atoms with Crippen LogP contribution < -0.4 is 9.47 Å². The first-order chi connectivity index (χ1) is 13.1. The van der Waals surface area contributed by atoms with Gasteiger partial charge in [-0.3, -0.25) is 9.79 Å². The lowest BCUT2D eigenvalue weighted by Gasteiger charge is -2.20. The molecule has 2 aromatic carbocycles. The molecule has 2 heterocycles. The lowest BCUT2D eigenvalue weighted by Crippen LogP contribution is -2.29. The van der Waals surface area contributed by atoms with Gasteiger partial charge in [0, 0.05) is 12.5 Å². The Balaban J connectivity index is 1.71. The number of ether oxygens (including phenoxy) is 3. The maximum absolute atomic E-state index is 13.7. The normalized spacial score (nSPS) is 20.5. The Morgan fingerprint density at radius 2 is 1.96 bits per heavy atom. The number of benzene rings is 2. The number of hydrogen-bond acceptors (Lipinski definition) is 5. The fraction of sp³-hybridized carbons (Fsp3) is 0.300. The van der Waals surface area contributed by atoms with Gasteiger partial charge in [-0.05, 0) is 42.3 Å². The van der Waals surface area contributed by atoms with E-state index >= 15 is 0 Å². The largest absolute Gasteiger partial charge is 0.465 e. The number of aliphatic imine (C=N–C) groups is 1. The molecule has 0 saturated carbocycles. The first kappa shape index (κ1) is 17.5. The molecule has 2 atom stereocenters. The molecule has 0 aliphatic carbocycles. The van der Waals surface area contributed by atoms with Crippen molar-refractivity contribution in [1.29, 1.82) is 0 Å². The zero-order valence-electron chi connectivity index (χ0n) is 14.6. The Morgan fingerprint density at radius 3 is 2.74 bits per heavy atom. The van der Waals surface area contributed by atoms with E-state index in [1.807, 2.05) is 12.1 Å². The Bertz CT molecular complexity index is 928. The van der Waals surface area contributed by atoms with Gasteiger partial charge in [-0.25, -0.2) is 8.78 Å². The van der Waals surface area contributed by atoms with E-state index < -0.39 is 23.5 Å². The first-order valence-electron chi connectivity index (χ1n) is 8.64. The summed E-state index contributed by atoms with van der Waals surface area (Å²) in [7, 11) is 0. The molecule has 0 saturated heterocycles. The van der Waals surface area contributed by atoms with Crippen molar-refractivity contribution in [2.24, 2.45) is 10.9 Å². The van der Waals surface area contributed by atoms with E-state index in [-0.39, 0.29) is 19.3 Å². The number of hydrogen-bond donors (Lipinski definition) is 0. The minimum absolute atomic E-state index is 0.154. The van der Waals surface area contributed by atoms with E-state index in [1.54, 1.807) is 13.0 Å². The van der Waals surface area contributed by atoms with E-state index in [1.165, 1.54) is 6.07 Å². The van der Waals surface area contributed by atoms with E-state index in [2.05, 4.69) is 4.99 Å². The molecule has 7 heteroatoms. The molecule has 5 nitrogen and oxygen atoms in total. The molecule has 2 aromatic rings. The molecule has 0 fully saturated rings. The van der Waals surface area contributed by atoms with Crippen LogP contribution in [0.1, 0.15) is 24.0 Å². The third-order valence-electron chi connectivity index (χ3n) is 4.74. The molecular formula is C20H17F2NO4. The van der Waals surface area contributed by atoms with E-state index in [4.69, 9.17) is 14.2 Å². The zero-order chi connectivity index (χ0) is 19.0. The maximum atomic E-state index is 13.7. The maximum Gasteiger partial charge on any atom is 0.315 e. The van der Waals surface area contributed by atoms with Gasteiger partial charge in [0.25, 0.3) is 0 Å². The first-order valence-corrected chi connectivity index (χ1v) is 8.64. The molecule has 0 aromatic heterocycles. The van der Waals surface area contributed by atoms with E-state index in [0.29, 0.717) is 29.3 Å². The van der Waals surface area contributed by atoms with Gasteiger partial charge in [0.15, 0.2) is 23.1 Å². The molecule has 2 aliphatic rings. The molecule has 0 spiro atoms. The van der Waals surface area contributed by atoms with E-state index in [9.17, 15) is 13.6 Å². The number of carbonyl (C=O) groups excluding carboxylic acids is 1. The van der Waals surface area contributed by atoms with Crippen LogP contribution >= 0.6 is 0 Å². The van der Waals surface area contributed by atoms with Crippen molar-refractivity contribution < 1.29 is 27.8 Å². The molecule has 27 heavy (non-hydrogen) atoms. The fourth-order valence-electron chi connectivity index (χ4n) is 3.47. The van der Waals surface area contributed by atoms with E-state index in [0.717, 1.165) is 17.7 Å². The van der Waals surface area contributed by atoms with Crippen LogP contribution in [0.4, 0.5) is 8.78 Å². The van der Waals surface area contributed by atoms with Gasteiger partial charge in [-0.2, -0.15) is 0 Å². The van der Waals surface area contributed by atoms with Crippen LogP contribution in [0.5, 0.6) is 11.5 Å². The summed E-state index contributed by atoms with van der Waals surface area (Å²) in [5.41, 5.74) is 1.61. The van der Waals surface area contributed by atoms with Crippen LogP contribution in [0.2, 0.25) is 0 Å². The van der Waals surface area contributed by atoms with Crippen molar-refractivity contribution in [2.45, 2.75) is 12.8 Å². The number of halogens is 2. The number of carbonyl (C=O) groups is 1. The molecule has 0 radical (unpaired) electrons. The molecule has 0 N–H and O–H groups in total. The third-order valence-corrected chi connectivity index (χ3v) is 4.74. The molecule has 4 rings (SSSR count). The predicted molar refractivity (Wildman–Crippen MR) is 93.2 cm³/mol. The lowest BCUT2D eigenvalue weighted by molar-refractivity contribution is -0.145. The smallest absolute Gasteiger partial charge is 0.315 e. The van der Waals surface area contributed by atoms with Gasteiger partial charge < -0.3 is 14.2 Å². The summed E-state index contributed by atoms with van der Waals surface area (Å²) >= 11 is 0. The Kier molecular flexibility index (Phi) is 4.51. The van der Waals surface area contributed by atoms with Gasteiger partial charge in [0.2, 0.25) is 6.79 Å². The second-order valence-corrected chi connectivity index (χ2v) is 6.30. The zero-order valence-corrected chi connectivity index (χ0v) is 14.6. The topological polar surface area (TPSA) is 57.1 Å². The number of fused-ring (bicyclic) bond motifs is 1. The summed E-state index contributed by atoms with van der Waals surface area (Å²) in [4.78, 5) is 17.1. The Morgan fingerprint density at radius 1 is 1.15 bits per heavy atom. The summed E-state index contributed by atoms with van der Waals surface area (Å²) in [6, 6.07) is 8.98. The van der Waals surface area contributed by atoms with Gasteiger partial charge in [-0.1, -0.05) is 12.1 Å². The van der Waals surface area contributed by atoms with Gasteiger partial charge in [0.05, 0.1) is 12.3 Å². The molecule has 2 aliphatic heterocycles. The van der Waals surface area contributed by atoms with Gasteiger partial charge in [-0.15, -0.1) is 0 Å². The Labute approximate surface area is 154 Å². The molecular weight excluding hydrogens is 356 g/mol. The van der Waals surface area contributed by atoms with Crippen LogP contribution in [-0.2, 0) is 9.53 Å².